The number of morpholine rings is 1. The van der Waals surface area contributed by atoms with Crippen molar-refractivity contribution >= 4 is 22.0 Å². The normalized spacial score (nSPS) is 15.0. The van der Waals surface area contributed by atoms with Gasteiger partial charge in [-0.15, -0.1) is 4.28 Å². The van der Waals surface area contributed by atoms with E-state index in [9.17, 15) is 8.42 Å². The number of hydroxylamine groups is 1. The molecule has 0 bridgehead atoms. The molecule has 10 heteroatoms. The number of benzene rings is 2. The number of nitrogens with zero attached hydrogens (tertiary/aromatic N) is 3. The minimum absolute atomic E-state index is 0.216. The van der Waals surface area contributed by atoms with Crippen molar-refractivity contribution in [2.45, 2.75) is 6.42 Å². The van der Waals surface area contributed by atoms with Crippen LogP contribution in [0.3, 0.4) is 0 Å². The largest absolute Gasteiger partial charge is 0.378 e. The summed E-state index contributed by atoms with van der Waals surface area (Å²) >= 11 is 0. The molecule has 1 N–H and O–H groups in total. The Bertz CT molecular complexity index is 1150. The Hall–Kier alpha value is -3.21. The number of rotatable bonds is 6. The van der Waals surface area contributed by atoms with Gasteiger partial charge in [-0.25, -0.2) is 5.48 Å². The lowest BCUT2D eigenvalue weighted by Gasteiger charge is -2.29. The number of ether oxygens (including phenoxy) is 1. The second-order valence-corrected chi connectivity index (χ2v) is 8.90. The molecule has 1 saturated heterocycles. The molecule has 2 aromatic carbocycles. The zero-order valence-electron chi connectivity index (χ0n) is 17.6. The van der Waals surface area contributed by atoms with Gasteiger partial charge in [-0.2, -0.15) is 13.4 Å². The van der Waals surface area contributed by atoms with Gasteiger partial charge in [0.05, 0.1) is 25.2 Å². The molecule has 0 saturated carbocycles. The molecule has 0 spiro atoms. The van der Waals surface area contributed by atoms with Gasteiger partial charge in [0.15, 0.2) is 0 Å². The van der Waals surface area contributed by atoms with Crippen LogP contribution in [0.5, 0.6) is 0 Å². The van der Waals surface area contributed by atoms with Crippen LogP contribution >= 0.6 is 0 Å². The van der Waals surface area contributed by atoms with E-state index in [0.29, 0.717) is 38.4 Å². The maximum absolute atomic E-state index is 11.4. The third-order valence-corrected chi connectivity index (χ3v) is 5.19. The first-order valence-electron chi connectivity index (χ1n) is 10.1. The van der Waals surface area contributed by atoms with Crippen LogP contribution in [0.1, 0.15) is 11.3 Å². The van der Waals surface area contributed by atoms with Crippen LogP contribution in [0.2, 0.25) is 0 Å². The molecule has 0 radical (unpaired) electrons. The molecule has 1 aromatic heterocycles. The fourth-order valence-electron chi connectivity index (χ4n) is 3.24. The van der Waals surface area contributed by atoms with Gasteiger partial charge in [0, 0.05) is 25.6 Å². The van der Waals surface area contributed by atoms with Crippen molar-refractivity contribution < 1.29 is 22.0 Å². The monoisotopic (exact) mass is 456 g/mol. The molecule has 4 rings (SSSR count). The summed E-state index contributed by atoms with van der Waals surface area (Å²) in [4.78, 5) is 6.18. The van der Waals surface area contributed by atoms with Crippen molar-refractivity contribution in [2.24, 2.45) is 4.99 Å². The lowest BCUT2D eigenvalue weighted by molar-refractivity contribution is 0.0628. The van der Waals surface area contributed by atoms with Crippen molar-refractivity contribution in [2.75, 3.05) is 32.6 Å². The first-order chi connectivity index (χ1) is 15.5. The number of hydrogen-bond acceptors (Lipinski definition) is 7. The third-order valence-electron chi connectivity index (χ3n) is 4.80. The van der Waals surface area contributed by atoms with Gasteiger partial charge in [0.2, 0.25) is 5.96 Å². The van der Waals surface area contributed by atoms with E-state index in [0.717, 1.165) is 22.9 Å². The van der Waals surface area contributed by atoms with E-state index in [-0.39, 0.29) is 11.8 Å². The Morgan fingerprint density at radius 1 is 1.09 bits per heavy atom. The lowest BCUT2D eigenvalue weighted by atomic mass is 10.0. The molecular formula is C22H24N4O5S. The minimum Gasteiger partial charge on any atom is -0.378 e. The second kappa shape index (κ2) is 9.94. The van der Waals surface area contributed by atoms with E-state index in [1.54, 1.807) is 6.07 Å². The molecule has 2 heterocycles. The molecule has 32 heavy (non-hydrogen) atoms. The number of hydrogen-bond donors (Lipinski definition) is 1. The quantitative estimate of drug-likeness (QED) is 0.343. The standard InChI is InChI=1S/C22H24N4O5S/c1-32(27,28)31-25-22(26-11-13-29-14-12-26)23-21-16-20(24-30-21)15-17-7-9-19(10-8-17)18-5-3-2-4-6-18/h2-10,16H,11-15H2,1H3,(H,23,25). The molecule has 0 aliphatic carbocycles. The summed E-state index contributed by atoms with van der Waals surface area (Å²) in [6.45, 7) is 2.07. The molecular weight excluding hydrogens is 432 g/mol. The Labute approximate surface area is 186 Å². The summed E-state index contributed by atoms with van der Waals surface area (Å²) in [6, 6.07) is 20.2. The molecule has 0 amide bonds. The summed E-state index contributed by atoms with van der Waals surface area (Å²) in [7, 11) is -3.71. The Balaban J connectivity index is 1.46. The van der Waals surface area contributed by atoms with Gasteiger partial charge < -0.3 is 14.2 Å². The van der Waals surface area contributed by atoms with Gasteiger partial charge >= 0.3 is 0 Å². The first-order valence-corrected chi connectivity index (χ1v) is 11.9. The molecule has 1 fully saturated rings. The Morgan fingerprint density at radius 3 is 2.47 bits per heavy atom. The highest BCUT2D eigenvalue weighted by molar-refractivity contribution is 7.85. The molecule has 1 aliphatic heterocycles. The summed E-state index contributed by atoms with van der Waals surface area (Å²) in [5.41, 5.74) is 6.51. The summed E-state index contributed by atoms with van der Waals surface area (Å²) in [5.74, 6) is 0.459. The van der Waals surface area contributed by atoms with E-state index in [2.05, 4.69) is 52.0 Å². The van der Waals surface area contributed by atoms with E-state index in [1.165, 1.54) is 0 Å². The van der Waals surface area contributed by atoms with E-state index in [1.807, 2.05) is 23.1 Å². The van der Waals surface area contributed by atoms with E-state index < -0.39 is 10.1 Å². The predicted molar refractivity (Wildman–Crippen MR) is 120 cm³/mol. The first kappa shape index (κ1) is 22.0. The number of aromatic nitrogens is 1. The summed E-state index contributed by atoms with van der Waals surface area (Å²) in [5, 5.41) is 4.09. The average molecular weight is 457 g/mol. The lowest BCUT2D eigenvalue weighted by Crippen LogP contribution is -2.47. The van der Waals surface area contributed by atoms with Crippen molar-refractivity contribution in [1.29, 1.82) is 0 Å². The van der Waals surface area contributed by atoms with Crippen LogP contribution in [-0.4, -0.2) is 57.0 Å². The Kier molecular flexibility index (Phi) is 6.84. The highest BCUT2D eigenvalue weighted by Crippen LogP contribution is 2.22. The fourth-order valence-corrected chi connectivity index (χ4v) is 3.47. The summed E-state index contributed by atoms with van der Waals surface area (Å²) in [6.07, 6.45) is 1.53. The molecule has 0 unspecified atom stereocenters. The van der Waals surface area contributed by atoms with Crippen molar-refractivity contribution in [3.63, 3.8) is 0 Å². The highest BCUT2D eigenvalue weighted by atomic mass is 32.2. The number of guanidine groups is 1. The fraction of sp³-hybridized carbons (Fsp3) is 0.273. The van der Waals surface area contributed by atoms with Gasteiger partial charge in [0.25, 0.3) is 16.0 Å². The molecule has 168 valence electrons. The predicted octanol–water partition coefficient (Wildman–Crippen LogP) is 2.73. The molecule has 9 nitrogen and oxygen atoms in total. The molecule has 1 aliphatic rings. The van der Waals surface area contributed by atoms with Crippen molar-refractivity contribution in [1.82, 2.24) is 15.5 Å². The van der Waals surface area contributed by atoms with Crippen molar-refractivity contribution in [3.05, 3.63) is 71.9 Å². The SMILES string of the molecule is CS(=O)(=O)ONC(=Nc1cc(Cc2ccc(-c3ccccc3)cc2)no1)N1CCOCC1. The van der Waals surface area contributed by atoms with Gasteiger partial charge in [0.1, 0.15) is 0 Å². The zero-order chi connectivity index (χ0) is 22.4. The molecule has 3 aromatic rings. The smallest absolute Gasteiger partial charge is 0.285 e. The minimum atomic E-state index is -3.71. The van der Waals surface area contributed by atoms with Crippen LogP contribution in [0.25, 0.3) is 11.1 Å². The van der Waals surface area contributed by atoms with Gasteiger partial charge in [-0.1, -0.05) is 59.8 Å². The van der Waals surface area contributed by atoms with Crippen LogP contribution in [0, 0.1) is 0 Å². The zero-order valence-corrected chi connectivity index (χ0v) is 18.4. The second-order valence-electron chi connectivity index (χ2n) is 7.32. The van der Waals surface area contributed by atoms with Crippen LogP contribution in [0.4, 0.5) is 5.88 Å². The molecule has 0 atom stereocenters. The van der Waals surface area contributed by atoms with Gasteiger partial charge in [-0.05, 0) is 16.7 Å². The maximum atomic E-state index is 11.4. The summed E-state index contributed by atoms with van der Waals surface area (Å²) < 4.78 is 38.1. The third kappa shape index (κ3) is 6.16. The van der Waals surface area contributed by atoms with Crippen LogP contribution in [0.15, 0.2) is 70.2 Å². The van der Waals surface area contributed by atoms with E-state index in [4.69, 9.17) is 13.5 Å². The van der Waals surface area contributed by atoms with Crippen LogP contribution in [-0.2, 0) is 25.6 Å². The average Bonchev–Trinajstić information content (AvgIpc) is 3.24. The topological polar surface area (TPSA) is 106 Å². The van der Waals surface area contributed by atoms with Crippen molar-refractivity contribution in [3.8, 4) is 11.1 Å². The maximum Gasteiger partial charge on any atom is 0.285 e. The van der Waals surface area contributed by atoms with Gasteiger partial charge in [-0.3, -0.25) is 0 Å². The Morgan fingerprint density at radius 2 is 1.78 bits per heavy atom. The van der Waals surface area contributed by atoms with Crippen LogP contribution < -0.4 is 5.48 Å². The van der Waals surface area contributed by atoms with E-state index >= 15 is 0 Å². The number of nitrogens with one attached hydrogen (secondary N) is 1. The highest BCUT2D eigenvalue weighted by Gasteiger charge is 2.18. The number of aliphatic imine (C=N–C) groups is 1.